The predicted molar refractivity (Wildman–Crippen MR) is 80.6 cm³/mol. The maximum absolute atomic E-state index is 11.0. The molecular weight excluding hydrogens is 290 g/mol. The Morgan fingerprint density at radius 1 is 1.33 bits per heavy atom. The molecule has 6 heteroatoms. The van der Waals surface area contributed by atoms with Gasteiger partial charge in [-0.05, 0) is 36.6 Å². The number of rotatable bonds is 7. The average Bonchev–Trinajstić information content (AvgIpc) is 2.86. The van der Waals surface area contributed by atoms with Crippen LogP contribution in [-0.4, -0.2) is 21.3 Å². The smallest absolute Gasteiger partial charge is 0.172 e. The first kappa shape index (κ1) is 15.5. The summed E-state index contributed by atoms with van der Waals surface area (Å²) in [6, 6.07) is 7.08. The molecule has 0 unspecified atom stereocenters. The van der Waals surface area contributed by atoms with E-state index in [4.69, 9.17) is 16.3 Å². The lowest BCUT2D eigenvalue weighted by Gasteiger charge is -2.10. The lowest BCUT2D eigenvalue weighted by Crippen LogP contribution is -2.11. The number of ether oxygens (including phenoxy) is 1. The Bertz CT molecular complexity index is 593. The van der Waals surface area contributed by atoms with Gasteiger partial charge in [0.25, 0.3) is 0 Å². The average molecular weight is 308 g/mol. The van der Waals surface area contributed by atoms with Crippen LogP contribution in [-0.2, 0) is 13.2 Å². The van der Waals surface area contributed by atoms with Crippen molar-refractivity contribution in [3.05, 3.63) is 40.7 Å². The van der Waals surface area contributed by atoms with Gasteiger partial charge < -0.3 is 4.74 Å². The van der Waals surface area contributed by atoms with Crippen LogP contribution < -0.4 is 4.74 Å². The molecule has 0 saturated heterocycles. The molecule has 0 atom stereocenters. The molecule has 2 rings (SSSR count). The number of hydrogen-bond acceptors (Lipinski definition) is 4. The second-order valence-corrected chi connectivity index (χ2v) is 5.62. The Kier molecular flexibility index (Phi) is 5.33. The van der Waals surface area contributed by atoms with Crippen LogP contribution in [0.1, 0.15) is 36.5 Å². The summed E-state index contributed by atoms with van der Waals surface area (Å²) in [5.74, 6) is 1.24. The first-order chi connectivity index (χ1) is 10.1. The molecule has 1 aromatic heterocycles. The monoisotopic (exact) mass is 307 g/mol. The van der Waals surface area contributed by atoms with E-state index in [0.29, 0.717) is 34.4 Å². The van der Waals surface area contributed by atoms with Crippen molar-refractivity contribution >= 4 is 17.9 Å². The molecule has 0 radical (unpaired) electrons. The first-order valence-corrected chi connectivity index (χ1v) is 7.24. The molecule has 0 spiro atoms. The summed E-state index contributed by atoms with van der Waals surface area (Å²) in [5.41, 5.74) is 1.02. The van der Waals surface area contributed by atoms with Gasteiger partial charge in [-0.3, -0.25) is 4.79 Å². The van der Waals surface area contributed by atoms with Crippen LogP contribution in [0.25, 0.3) is 0 Å². The highest BCUT2D eigenvalue weighted by Crippen LogP contribution is 2.17. The van der Waals surface area contributed by atoms with E-state index in [1.807, 2.05) is 0 Å². The summed E-state index contributed by atoms with van der Waals surface area (Å²) in [6.07, 6.45) is 1.68. The topological polar surface area (TPSA) is 57.0 Å². The molecule has 21 heavy (non-hydrogen) atoms. The molecule has 0 aliphatic carbocycles. The third-order valence-corrected chi connectivity index (χ3v) is 3.34. The van der Waals surface area contributed by atoms with Gasteiger partial charge in [0.05, 0.1) is 0 Å². The maximum Gasteiger partial charge on any atom is 0.172 e. The number of aryl methyl sites for hydroxylation is 1. The minimum atomic E-state index is 0.251. The first-order valence-electron chi connectivity index (χ1n) is 6.86. The predicted octanol–water partition coefficient (Wildman–Crippen LogP) is 3.37. The van der Waals surface area contributed by atoms with Gasteiger partial charge in [-0.15, -0.1) is 5.10 Å². The number of aldehydes is 1. The SMILES string of the molecule is CC(C)CCn1nnc(C=O)c1COc1ccc(Cl)cc1. The Morgan fingerprint density at radius 2 is 2.05 bits per heavy atom. The van der Waals surface area contributed by atoms with Crippen LogP contribution >= 0.6 is 11.6 Å². The Balaban J connectivity index is 2.08. The fraction of sp³-hybridized carbons (Fsp3) is 0.400. The molecule has 5 nitrogen and oxygen atoms in total. The number of nitrogens with zero attached hydrogens (tertiary/aromatic N) is 3. The minimum Gasteiger partial charge on any atom is -0.487 e. The van der Waals surface area contributed by atoms with E-state index >= 15 is 0 Å². The van der Waals surface area contributed by atoms with E-state index in [-0.39, 0.29) is 6.61 Å². The van der Waals surface area contributed by atoms with Crippen LogP contribution in [0.5, 0.6) is 5.75 Å². The Labute approximate surface area is 128 Å². The number of aromatic nitrogens is 3. The highest BCUT2D eigenvalue weighted by atomic mass is 35.5. The van der Waals surface area contributed by atoms with Gasteiger partial charge in [0, 0.05) is 11.6 Å². The minimum absolute atomic E-state index is 0.251. The molecule has 1 aromatic carbocycles. The van der Waals surface area contributed by atoms with E-state index < -0.39 is 0 Å². The lowest BCUT2D eigenvalue weighted by molar-refractivity contribution is 0.111. The van der Waals surface area contributed by atoms with Crippen molar-refractivity contribution in [3.8, 4) is 5.75 Å². The van der Waals surface area contributed by atoms with Crippen molar-refractivity contribution in [2.75, 3.05) is 0 Å². The Hall–Kier alpha value is -1.88. The molecule has 112 valence electrons. The van der Waals surface area contributed by atoms with Gasteiger partial charge in [0.1, 0.15) is 18.1 Å². The maximum atomic E-state index is 11.0. The molecule has 0 saturated carbocycles. The van der Waals surface area contributed by atoms with E-state index in [1.54, 1.807) is 28.9 Å². The third-order valence-electron chi connectivity index (χ3n) is 3.09. The van der Waals surface area contributed by atoms with Crippen LogP contribution in [0.4, 0.5) is 0 Å². The van der Waals surface area contributed by atoms with Crippen molar-refractivity contribution in [3.63, 3.8) is 0 Å². The molecule has 0 amide bonds. The zero-order valence-electron chi connectivity index (χ0n) is 12.1. The quantitative estimate of drug-likeness (QED) is 0.736. The van der Waals surface area contributed by atoms with Crippen molar-refractivity contribution in [2.24, 2.45) is 5.92 Å². The summed E-state index contributed by atoms with van der Waals surface area (Å²) in [4.78, 5) is 11.0. The van der Waals surface area contributed by atoms with Crippen LogP contribution in [0, 0.1) is 5.92 Å². The number of halogens is 1. The normalized spacial score (nSPS) is 10.9. The molecule has 0 N–H and O–H groups in total. The molecule has 0 aliphatic heterocycles. The van der Waals surface area contributed by atoms with Gasteiger partial charge in [0.2, 0.25) is 0 Å². The fourth-order valence-electron chi connectivity index (χ4n) is 1.83. The summed E-state index contributed by atoms with van der Waals surface area (Å²) < 4.78 is 7.41. The fourth-order valence-corrected chi connectivity index (χ4v) is 1.95. The van der Waals surface area contributed by atoms with Gasteiger partial charge in [0.15, 0.2) is 12.0 Å². The molecule has 1 heterocycles. The number of carbonyl (C=O) groups is 1. The second kappa shape index (κ2) is 7.22. The molecule has 0 bridgehead atoms. The van der Waals surface area contributed by atoms with Crippen LogP contribution in [0.3, 0.4) is 0 Å². The number of hydrogen-bond donors (Lipinski definition) is 0. The van der Waals surface area contributed by atoms with E-state index in [1.165, 1.54) is 0 Å². The zero-order valence-corrected chi connectivity index (χ0v) is 12.9. The van der Waals surface area contributed by atoms with Crippen molar-refractivity contribution in [1.82, 2.24) is 15.0 Å². The van der Waals surface area contributed by atoms with Gasteiger partial charge in [-0.1, -0.05) is 30.7 Å². The largest absolute Gasteiger partial charge is 0.487 e. The highest BCUT2D eigenvalue weighted by Gasteiger charge is 2.13. The number of carbonyl (C=O) groups excluding carboxylic acids is 1. The Morgan fingerprint density at radius 3 is 2.67 bits per heavy atom. The highest BCUT2D eigenvalue weighted by molar-refractivity contribution is 6.30. The van der Waals surface area contributed by atoms with Gasteiger partial charge >= 0.3 is 0 Å². The lowest BCUT2D eigenvalue weighted by atomic mass is 10.1. The second-order valence-electron chi connectivity index (χ2n) is 5.19. The van der Waals surface area contributed by atoms with Crippen molar-refractivity contribution in [1.29, 1.82) is 0 Å². The van der Waals surface area contributed by atoms with Gasteiger partial charge in [-0.2, -0.15) is 0 Å². The van der Waals surface area contributed by atoms with E-state index in [9.17, 15) is 4.79 Å². The summed E-state index contributed by atoms with van der Waals surface area (Å²) in [6.45, 7) is 5.25. The molecular formula is C15H18ClN3O2. The van der Waals surface area contributed by atoms with Crippen molar-refractivity contribution < 1.29 is 9.53 Å². The molecule has 0 aliphatic rings. The van der Waals surface area contributed by atoms with Crippen LogP contribution in [0.15, 0.2) is 24.3 Å². The summed E-state index contributed by atoms with van der Waals surface area (Å²) >= 11 is 5.83. The van der Waals surface area contributed by atoms with Crippen LogP contribution in [0.2, 0.25) is 5.02 Å². The van der Waals surface area contributed by atoms with E-state index in [0.717, 1.165) is 13.0 Å². The molecule has 2 aromatic rings. The summed E-state index contributed by atoms with van der Waals surface area (Å²) in [7, 11) is 0. The zero-order chi connectivity index (χ0) is 15.2. The third kappa shape index (κ3) is 4.29. The standard InChI is InChI=1S/C15H18ClN3O2/c1-11(2)7-8-19-15(14(9-20)17-18-19)10-21-13-5-3-12(16)4-6-13/h3-6,9,11H,7-8,10H2,1-2H3. The number of benzene rings is 1. The van der Waals surface area contributed by atoms with Crippen molar-refractivity contribution in [2.45, 2.75) is 33.4 Å². The van der Waals surface area contributed by atoms with E-state index in [2.05, 4.69) is 24.2 Å². The van der Waals surface area contributed by atoms with Gasteiger partial charge in [-0.25, -0.2) is 4.68 Å². The summed E-state index contributed by atoms with van der Waals surface area (Å²) in [5, 5.41) is 8.55. The molecule has 0 fully saturated rings.